The van der Waals surface area contributed by atoms with Gasteiger partial charge < -0.3 is 0 Å². The molecule has 4 aliphatic carbocycles. The highest BCUT2D eigenvalue weighted by Gasteiger charge is 2.59. The molecule has 1 unspecified atom stereocenters. The summed E-state index contributed by atoms with van der Waals surface area (Å²) in [6, 6.07) is 0. The van der Waals surface area contributed by atoms with Crippen molar-refractivity contribution in [2.75, 3.05) is 0 Å². The SMILES string of the molecule is C[C@]12CC=CCC1CC[C@@H]1[C@H]2CC[C@]2(C)C(=O)CC[C@@H]12. The normalized spacial score (nSPS) is 54.2. The summed E-state index contributed by atoms with van der Waals surface area (Å²) in [7, 11) is 0. The van der Waals surface area contributed by atoms with E-state index in [0.29, 0.717) is 17.1 Å². The highest BCUT2D eigenvalue weighted by molar-refractivity contribution is 5.87. The lowest BCUT2D eigenvalue weighted by molar-refractivity contribution is -0.136. The van der Waals surface area contributed by atoms with Gasteiger partial charge in [-0.25, -0.2) is 0 Å². The average molecular weight is 272 g/mol. The van der Waals surface area contributed by atoms with Gasteiger partial charge >= 0.3 is 0 Å². The molecule has 6 atom stereocenters. The van der Waals surface area contributed by atoms with E-state index < -0.39 is 0 Å². The molecule has 4 aliphatic rings. The van der Waals surface area contributed by atoms with Gasteiger partial charge in [-0.05, 0) is 74.0 Å². The summed E-state index contributed by atoms with van der Waals surface area (Å²) in [5.41, 5.74) is 0.583. The van der Waals surface area contributed by atoms with Crippen LogP contribution in [0.1, 0.15) is 65.2 Å². The largest absolute Gasteiger partial charge is 0.299 e. The molecule has 20 heavy (non-hydrogen) atoms. The molecule has 0 bridgehead atoms. The van der Waals surface area contributed by atoms with Crippen molar-refractivity contribution in [3.63, 3.8) is 0 Å². The summed E-state index contributed by atoms with van der Waals surface area (Å²) in [5, 5.41) is 0. The summed E-state index contributed by atoms with van der Waals surface area (Å²) < 4.78 is 0. The summed E-state index contributed by atoms with van der Waals surface area (Å²) >= 11 is 0. The summed E-state index contributed by atoms with van der Waals surface area (Å²) in [4.78, 5) is 12.4. The molecule has 0 radical (unpaired) electrons. The van der Waals surface area contributed by atoms with E-state index in [-0.39, 0.29) is 5.41 Å². The first-order chi connectivity index (χ1) is 9.56. The van der Waals surface area contributed by atoms with E-state index in [4.69, 9.17) is 0 Å². The molecule has 0 aromatic heterocycles. The molecule has 0 saturated heterocycles. The fourth-order valence-electron chi connectivity index (χ4n) is 6.61. The van der Waals surface area contributed by atoms with Crippen LogP contribution in [0.15, 0.2) is 12.2 Å². The van der Waals surface area contributed by atoms with Gasteiger partial charge in [0.05, 0.1) is 0 Å². The molecule has 110 valence electrons. The molecular formula is C19H28O. The van der Waals surface area contributed by atoms with Crippen molar-refractivity contribution < 1.29 is 4.79 Å². The van der Waals surface area contributed by atoms with Crippen LogP contribution < -0.4 is 0 Å². The third-order valence-corrected chi connectivity index (χ3v) is 7.92. The maximum absolute atomic E-state index is 12.4. The Balaban J connectivity index is 1.68. The molecule has 0 aromatic carbocycles. The fraction of sp³-hybridized carbons (Fsp3) is 0.842. The molecule has 0 aromatic rings. The molecular weight excluding hydrogens is 244 g/mol. The maximum Gasteiger partial charge on any atom is 0.139 e. The Kier molecular flexibility index (Phi) is 2.76. The van der Waals surface area contributed by atoms with Gasteiger partial charge in [-0.3, -0.25) is 4.79 Å². The lowest BCUT2D eigenvalue weighted by Gasteiger charge is -2.58. The van der Waals surface area contributed by atoms with Crippen LogP contribution in [0.4, 0.5) is 0 Å². The van der Waals surface area contributed by atoms with Crippen LogP contribution in [0.2, 0.25) is 0 Å². The predicted octanol–water partition coefficient (Wildman–Crippen LogP) is 4.76. The van der Waals surface area contributed by atoms with E-state index in [2.05, 4.69) is 26.0 Å². The Labute approximate surface area is 123 Å². The van der Waals surface area contributed by atoms with E-state index in [1.54, 1.807) is 0 Å². The zero-order valence-corrected chi connectivity index (χ0v) is 13.0. The third-order valence-electron chi connectivity index (χ3n) is 7.92. The molecule has 0 N–H and O–H groups in total. The van der Waals surface area contributed by atoms with Crippen LogP contribution in [-0.2, 0) is 4.79 Å². The van der Waals surface area contributed by atoms with Crippen LogP contribution >= 0.6 is 0 Å². The topological polar surface area (TPSA) is 17.1 Å². The standard InChI is InChI=1S/C19H28O/c1-18-11-4-3-5-13(18)6-7-14-15-8-9-17(20)19(15,2)12-10-16(14)18/h3-4,13-16H,5-12H2,1-2H3/t13?,14-,15-,16+,18-,19-/m0/s1. The van der Waals surface area contributed by atoms with Gasteiger partial charge in [0.1, 0.15) is 5.78 Å². The molecule has 3 fully saturated rings. The van der Waals surface area contributed by atoms with Gasteiger partial charge in [-0.1, -0.05) is 26.0 Å². The second kappa shape index (κ2) is 4.21. The van der Waals surface area contributed by atoms with E-state index in [1.807, 2.05) is 0 Å². The summed E-state index contributed by atoms with van der Waals surface area (Å²) in [6.07, 6.45) is 14.8. The van der Waals surface area contributed by atoms with Gasteiger partial charge in [0, 0.05) is 11.8 Å². The van der Waals surface area contributed by atoms with Crippen molar-refractivity contribution in [2.24, 2.45) is 34.5 Å². The number of Topliss-reactive ketones (excluding diaryl/α,β-unsaturated/α-hetero) is 1. The Morgan fingerprint density at radius 3 is 2.75 bits per heavy atom. The molecule has 1 nitrogen and oxygen atoms in total. The van der Waals surface area contributed by atoms with Gasteiger partial charge in [0.2, 0.25) is 0 Å². The van der Waals surface area contributed by atoms with Crippen molar-refractivity contribution >= 4 is 5.78 Å². The Bertz CT molecular complexity index is 464. The van der Waals surface area contributed by atoms with Crippen LogP contribution in [0, 0.1) is 34.5 Å². The van der Waals surface area contributed by atoms with Crippen molar-refractivity contribution in [1.82, 2.24) is 0 Å². The number of hydrogen-bond acceptors (Lipinski definition) is 1. The molecule has 0 spiro atoms. The summed E-state index contributed by atoms with van der Waals surface area (Å²) in [6.45, 7) is 4.86. The number of carbonyl (C=O) groups is 1. The second-order valence-electron chi connectivity index (χ2n) is 8.49. The van der Waals surface area contributed by atoms with E-state index in [0.717, 1.165) is 24.2 Å². The maximum atomic E-state index is 12.4. The Morgan fingerprint density at radius 2 is 1.90 bits per heavy atom. The number of hydrogen-bond donors (Lipinski definition) is 0. The average Bonchev–Trinajstić information content (AvgIpc) is 2.74. The first-order valence-electron chi connectivity index (χ1n) is 8.74. The smallest absolute Gasteiger partial charge is 0.139 e. The van der Waals surface area contributed by atoms with Crippen LogP contribution in [0.25, 0.3) is 0 Å². The van der Waals surface area contributed by atoms with E-state index >= 15 is 0 Å². The zero-order chi connectivity index (χ0) is 14.0. The number of carbonyl (C=O) groups excluding carboxylic acids is 1. The lowest BCUT2D eigenvalue weighted by atomic mass is 9.46. The molecule has 4 rings (SSSR count). The van der Waals surface area contributed by atoms with Crippen LogP contribution in [0.3, 0.4) is 0 Å². The zero-order valence-electron chi connectivity index (χ0n) is 13.0. The molecule has 0 heterocycles. The Morgan fingerprint density at radius 1 is 1.05 bits per heavy atom. The van der Waals surface area contributed by atoms with Crippen LogP contribution in [0.5, 0.6) is 0 Å². The first kappa shape index (κ1) is 13.1. The highest BCUT2D eigenvalue weighted by Crippen LogP contribution is 2.64. The monoisotopic (exact) mass is 272 g/mol. The predicted molar refractivity (Wildman–Crippen MR) is 81.3 cm³/mol. The second-order valence-corrected chi connectivity index (χ2v) is 8.49. The Hall–Kier alpha value is -0.590. The minimum absolute atomic E-state index is 0.0505. The number of fused-ring (bicyclic) bond motifs is 5. The van der Waals surface area contributed by atoms with Crippen molar-refractivity contribution in [3.05, 3.63) is 12.2 Å². The minimum Gasteiger partial charge on any atom is -0.299 e. The molecule has 3 saturated carbocycles. The number of ketones is 1. The molecule has 1 heteroatoms. The van der Waals surface area contributed by atoms with Crippen molar-refractivity contribution in [3.8, 4) is 0 Å². The summed E-state index contributed by atoms with van der Waals surface area (Å²) in [5.74, 6) is 3.92. The van der Waals surface area contributed by atoms with Crippen molar-refractivity contribution in [2.45, 2.75) is 65.2 Å². The van der Waals surface area contributed by atoms with Gasteiger partial charge in [0.15, 0.2) is 0 Å². The van der Waals surface area contributed by atoms with Crippen LogP contribution in [-0.4, -0.2) is 5.78 Å². The minimum atomic E-state index is 0.0505. The lowest BCUT2D eigenvalue weighted by Crippen LogP contribution is -2.52. The number of allylic oxidation sites excluding steroid dienone is 2. The quantitative estimate of drug-likeness (QED) is 0.581. The van der Waals surface area contributed by atoms with E-state index in [9.17, 15) is 4.79 Å². The van der Waals surface area contributed by atoms with Gasteiger partial charge in [-0.15, -0.1) is 0 Å². The molecule has 0 aliphatic heterocycles. The van der Waals surface area contributed by atoms with E-state index in [1.165, 1.54) is 44.9 Å². The fourth-order valence-corrected chi connectivity index (χ4v) is 6.61. The first-order valence-corrected chi connectivity index (χ1v) is 8.74. The number of rotatable bonds is 0. The van der Waals surface area contributed by atoms with Crippen molar-refractivity contribution in [1.29, 1.82) is 0 Å². The molecule has 0 amide bonds. The van der Waals surface area contributed by atoms with Gasteiger partial charge in [-0.2, -0.15) is 0 Å². The van der Waals surface area contributed by atoms with Gasteiger partial charge in [0.25, 0.3) is 0 Å². The third kappa shape index (κ3) is 1.53. The highest BCUT2D eigenvalue weighted by atomic mass is 16.1.